The Morgan fingerprint density at radius 1 is 1.09 bits per heavy atom. The third-order valence-electron chi connectivity index (χ3n) is 2.93. The van der Waals surface area contributed by atoms with Crippen molar-refractivity contribution in [3.8, 4) is 5.75 Å². The van der Waals surface area contributed by atoms with E-state index in [1.807, 2.05) is 30.3 Å². The van der Waals surface area contributed by atoms with Gasteiger partial charge in [-0.25, -0.2) is 0 Å². The first kappa shape index (κ1) is 15.5. The first-order valence-corrected chi connectivity index (χ1v) is 6.88. The molecule has 0 heterocycles. The number of hydrogen-bond donors (Lipinski definition) is 1. The number of rotatable bonds is 7. The minimum atomic E-state index is -0.489. The van der Waals surface area contributed by atoms with Crippen molar-refractivity contribution in [3.05, 3.63) is 64.7 Å². The molecule has 0 radical (unpaired) electrons. The highest BCUT2D eigenvalue weighted by Crippen LogP contribution is 2.25. The quantitative estimate of drug-likeness (QED) is 0.483. The third-order valence-corrected chi connectivity index (χ3v) is 2.93. The van der Waals surface area contributed by atoms with Crippen LogP contribution < -0.4 is 10.1 Å². The van der Waals surface area contributed by atoms with Gasteiger partial charge in [0.2, 0.25) is 5.91 Å². The molecule has 0 fully saturated rings. The van der Waals surface area contributed by atoms with Crippen molar-refractivity contribution in [2.45, 2.75) is 12.8 Å². The van der Waals surface area contributed by atoms with Gasteiger partial charge in [0.15, 0.2) is 5.75 Å². The Hall–Kier alpha value is -2.89. The monoisotopic (exact) mass is 300 g/mol. The Kier molecular flexibility index (Phi) is 5.48. The molecule has 0 saturated carbocycles. The number of benzene rings is 2. The van der Waals surface area contributed by atoms with Crippen LogP contribution in [0.1, 0.15) is 12.8 Å². The van der Waals surface area contributed by atoms with Crippen LogP contribution in [0.15, 0.2) is 54.6 Å². The molecule has 1 N–H and O–H groups in total. The van der Waals surface area contributed by atoms with E-state index in [9.17, 15) is 14.9 Å². The van der Waals surface area contributed by atoms with Crippen molar-refractivity contribution in [3.63, 3.8) is 0 Å². The fourth-order valence-electron chi connectivity index (χ4n) is 1.89. The predicted molar refractivity (Wildman–Crippen MR) is 82.9 cm³/mol. The summed E-state index contributed by atoms with van der Waals surface area (Å²) in [4.78, 5) is 22.1. The highest BCUT2D eigenvalue weighted by molar-refractivity contribution is 5.90. The Bertz CT molecular complexity index is 644. The minimum absolute atomic E-state index is 0.0729. The summed E-state index contributed by atoms with van der Waals surface area (Å²) >= 11 is 0. The average molecular weight is 300 g/mol. The number of nitro groups is 1. The number of nitrogens with zero attached hydrogens (tertiary/aromatic N) is 1. The van der Waals surface area contributed by atoms with E-state index >= 15 is 0 Å². The van der Waals surface area contributed by atoms with Gasteiger partial charge in [-0.05, 0) is 24.6 Å². The number of amides is 1. The molecule has 1 amide bonds. The molecule has 2 aromatic carbocycles. The Morgan fingerprint density at radius 2 is 1.77 bits per heavy atom. The van der Waals surface area contributed by atoms with Crippen LogP contribution in [-0.2, 0) is 4.79 Å². The minimum Gasteiger partial charge on any atom is -0.487 e. The summed E-state index contributed by atoms with van der Waals surface area (Å²) in [6.45, 7) is 0.243. The third kappa shape index (κ3) is 4.59. The van der Waals surface area contributed by atoms with Crippen LogP contribution in [0.5, 0.6) is 5.75 Å². The maximum absolute atomic E-state index is 11.7. The number of nitrogens with one attached hydrogen (secondary N) is 1. The maximum atomic E-state index is 11.7. The first-order valence-electron chi connectivity index (χ1n) is 6.88. The second-order valence-electron chi connectivity index (χ2n) is 4.59. The van der Waals surface area contributed by atoms with Gasteiger partial charge in [0.05, 0.1) is 11.5 Å². The number of ether oxygens (including phenoxy) is 1. The van der Waals surface area contributed by atoms with Crippen LogP contribution in [0.25, 0.3) is 0 Å². The first-order chi connectivity index (χ1) is 10.7. The molecule has 2 rings (SSSR count). The van der Waals surface area contributed by atoms with Gasteiger partial charge in [0.25, 0.3) is 0 Å². The molecule has 0 bridgehead atoms. The highest BCUT2D eigenvalue weighted by Gasteiger charge is 2.13. The summed E-state index contributed by atoms with van der Waals surface area (Å²) in [6.07, 6.45) is 0.764. The van der Waals surface area contributed by atoms with Gasteiger partial charge in [-0.3, -0.25) is 14.9 Å². The van der Waals surface area contributed by atoms with Crippen molar-refractivity contribution in [2.75, 3.05) is 11.9 Å². The van der Waals surface area contributed by atoms with Crippen molar-refractivity contribution in [1.82, 2.24) is 0 Å². The maximum Gasteiger partial charge on any atom is 0.310 e. The normalized spacial score (nSPS) is 10.0. The van der Waals surface area contributed by atoms with Gasteiger partial charge in [-0.1, -0.05) is 30.3 Å². The summed E-state index contributed by atoms with van der Waals surface area (Å²) < 4.78 is 5.38. The number of carbonyl (C=O) groups is 1. The summed E-state index contributed by atoms with van der Waals surface area (Å²) in [5, 5.41) is 13.6. The van der Waals surface area contributed by atoms with Crippen LogP contribution in [0, 0.1) is 10.1 Å². The molecule has 0 spiro atoms. The fourth-order valence-corrected chi connectivity index (χ4v) is 1.89. The van der Waals surface area contributed by atoms with Crippen LogP contribution in [0.2, 0.25) is 0 Å². The van der Waals surface area contributed by atoms with E-state index < -0.39 is 4.92 Å². The zero-order valence-corrected chi connectivity index (χ0v) is 11.9. The zero-order chi connectivity index (χ0) is 15.8. The van der Waals surface area contributed by atoms with Crippen molar-refractivity contribution >= 4 is 17.3 Å². The highest BCUT2D eigenvalue weighted by atomic mass is 16.6. The molecule has 0 aliphatic carbocycles. The second-order valence-corrected chi connectivity index (χ2v) is 4.59. The van der Waals surface area contributed by atoms with Crippen LogP contribution in [-0.4, -0.2) is 17.4 Å². The molecule has 6 heteroatoms. The van der Waals surface area contributed by atoms with E-state index in [1.165, 1.54) is 6.07 Å². The molecular formula is C16H16N2O4. The predicted octanol–water partition coefficient (Wildman–Crippen LogP) is 3.39. The molecule has 0 aliphatic rings. The number of hydrogen-bond acceptors (Lipinski definition) is 4. The number of para-hydroxylation sites is 3. The molecule has 0 unspecified atom stereocenters. The lowest BCUT2D eigenvalue weighted by Gasteiger charge is -2.07. The van der Waals surface area contributed by atoms with Crippen molar-refractivity contribution in [2.24, 2.45) is 0 Å². The molecule has 2 aromatic rings. The van der Waals surface area contributed by atoms with Gasteiger partial charge < -0.3 is 10.1 Å². The molecule has 0 aromatic heterocycles. The van der Waals surface area contributed by atoms with Crippen LogP contribution >= 0.6 is 0 Å². The van der Waals surface area contributed by atoms with Gasteiger partial charge in [-0.2, -0.15) is 0 Å². The van der Waals surface area contributed by atoms with Crippen molar-refractivity contribution in [1.29, 1.82) is 0 Å². The fraction of sp³-hybridized carbons (Fsp3) is 0.188. The molecular weight excluding hydrogens is 284 g/mol. The van der Waals surface area contributed by atoms with E-state index in [2.05, 4.69) is 5.32 Å². The number of anilines is 1. The lowest BCUT2D eigenvalue weighted by Crippen LogP contribution is -2.12. The van der Waals surface area contributed by atoms with Gasteiger partial charge in [-0.15, -0.1) is 0 Å². The Labute approximate surface area is 127 Å². The Morgan fingerprint density at radius 3 is 2.50 bits per heavy atom. The summed E-state index contributed by atoms with van der Waals surface area (Å²) in [5.74, 6) is 0.105. The largest absolute Gasteiger partial charge is 0.487 e. The van der Waals surface area contributed by atoms with Gasteiger partial charge in [0, 0.05) is 18.2 Å². The SMILES string of the molecule is O=C(CCCOc1ccccc1[N+](=O)[O-])Nc1ccccc1. The van der Waals surface area contributed by atoms with E-state index in [0.717, 1.165) is 5.69 Å². The molecule has 0 aliphatic heterocycles. The van der Waals surface area contributed by atoms with Crippen LogP contribution in [0.4, 0.5) is 11.4 Å². The van der Waals surface area contributed by atoms with E-state index in [4.69, 9.17) is 4.74 Å². The average Bonchev–Trinajstić information content (AvgIpc) is 2.53. The lowest BCUT2D eigenvalue weighted by molar-refractivity contribution is -0.385. The molecule has 114 valence electrons. The molecule has 0 saturated heterocycles. The summed E-state index contributed by atoms with van der Waals surface area (Å²) in [5.41, 5.74) is 0.670. The zero-order valence-electron chi connectivity index (χ0n) is 11.9. The van der Waals surface area contributed by atoms with E-state index in [-0.39, 0.29) is 30.4 Å². The van der Waals surface area contributed by atoms with Crippen LogP contribution in [0.3, 0.4) is 0 Å². The smallest absolute Gasteiger partial charge is 0.310 e. The number of carbonyl (C=O) groups excluding carboxylic acids is 1. The standard InChI is InChI=1S/C16H16N2O4/c19-16(17-13-7-2-1-3-8-13)11-6-12-22-15-10-5-4-9-14(15)18(20)21/h1-5,7-10H,6,11-12H2,(H,17,19). The lowest BCUT2D eigenvalue weighted by atomic mass is 10.2. The molecule has 0 atom stereocenters. The molecule has 22 heavy (non-hydrogen) atoms. The van der Waals surface area contributed by atoms with Gasteiger partial charge >= 0.3 is 5.69 Å². The summed E-state index contributed by atoms with van der Waals surface area (Å²) in [7, 11) is 0. The van der Waals surface area contributed by atoms with E-state index in [1.54, 1.807) is 18.2 Å². The van der Waals surface area contributed by atoms with Gasteiger partial charge in [0.1, 0.15) is 0 Å². The number of nitro benzene ring substituents is 1. The second kappa shape index (κ2) is 7.78. The van der Waals surface area contributed by atoms with Crippen molar-refractivity contribution < 1.29 is 14.5 Å². The summed E-state index contributed by atoms with van der Waals surface area (Å²) in [6, 6.07) is 15.3. The topological polar surface area (TPSA) is 81.5 Å². The molecule has 6 nitrogen and oxygen atoms in total. The van der Waals surface area contributed by atoms with E-state index in [0.29, 0.717) is 6.42 Å². The Balaban J connectivity index is 1.75.